The Morgan fingerprint density at radius 2 is 1.88 bits per heavy atom. The van der Waals surface area contributed by atoms with Crippen molar-refractivity contribution in [2.45, 2.75) is 11.7 Å². The largest absolute Gasteiger partial charge is 0.370 e. The van der Waals surface area contributed by atoms with Crippen molar-refractivity contribution in [3.8, 4) is 0 Å². The van der Waals surface area contributed by atoms with E-state index in [4.69, 9.17) is 4.74 Å². The number of thioether (sulfide) groups is 1. The van der Waals surface area contributed by atoms with Crippen LogP contribution in [-0.2, 0) is 16.1 Å². The molecule has 1 saturated heterocycles. The highest BCUT2D eigenvalue weighted by molar-refractivity contribution is 7.99. The van der Waals surface area contributed by atoms with Crippen molar-refractivity contribution in [2.75, 3.05) is 37.4 Å². The Hall–Kier alpha value is -1.96. The number of rotatable bonds is 6. The van der Waals surface area contributed by atoms with Gasteiger partial charge in [-0.3, -0.25) is 4.79 Å². The molecule has 0 spiro atoms. The molecule has 1 aromatic heterocycles. The molecular weight excluding hydrogens is 324 g/mol. The van der Waals surface area contributed by atoms with Crippen LogP contribution in [0, 0.1) is 0 Å². The first-order valence-corrected chi connectivity index (χ1v) is 8.98. The summed E-state index contributed by atoms with van der Waals surface area (Å²) in [5, 5.41) is 3.51. The number of carbonyl (C=O) groups is 1. The molecule has 1 fully saturated rings. The lowest BCUT2D eigenvalue weighted by atomic mass is 10.2. The number of ether oxygens (including phenoxy) is 1. The summed E-state index contributed by atoms with van der Waals surface area (Å²) in [6.07, 6.45) is 3.34. The number of amides is 1. The molecule has 0 aliphatic carbocycles. The predicted octanol–water partition coefficient (Wildman–Crippen LogP) is 0.623. The van der Waals surface area contributed by atoms with Gasteiger partial charge >= 0.3 is 0 Å². The molecule has 1 aliphatic heterocycles. The highest BCUT2D eigenvalue weighted by Crippen LogP contribution is 2.13. The van der Waals surface area contributed by atoms with Crippen LogP contribution in [0.3, 0.4) is 0 Å². The van der Waals surface area contributed by atoms with E-state index < -0.39 is 0 Å². The van der Waals surface area contributed by atoms with Crippen molar-refractivity contribution in [2.24, 2.45) is 0 Å². The lowest BCUT2D eigenvalue weighted by molar-refractivity contribution is -0.921. The SMILES string of the molecule is O=C(CSc1ncccn1)Nc1ccc(C[NH+]2CCOCC2)cc1. The highest BCUT2D eigenvalue weighted by atomic mass is 32.2. The van der Waals surface area contributed by atoms with Crippen LogP contribution in [0.25, 0.3) is 0 Å². The van der Waals surface area contributed by atoms with E-state index in [1.165, 1.54) is 22.2 Å². The van der Waals surface area contributed by atoms with Crippen molar-refractivity contribution in [3.63, 3.8) is 0 Å². The van der Waals surface area contributed by atoms with Gasteiger partial charge in [0.15, 0.2) is 5.16 Å². The van der Waals surface area contributed by atoms with E-state index in [1.807, 2.05) is 12.1 Å². The molecule has 0 radical (unpaired) electrons. The standard InChI is InChI=1S/C17H20N4O2S/c22-16(13-24-17-18-6-1-7-19-17)20-15-4-2-14(3-5-15)12-21-8-10-23-11-9-21/h1-7H,8-13H2,(H,20,22)/p+1. The fraction of sp³-hybridized carbons (Fsp3) is 0.353. The van der Waals surface area contributed by atoms with Crippen LogP contribution in [0.5, 0.6) is 0 Å². The molecule has 2 aromatic rings. The Morgan fingerprint density at radius 1 is 1.17 bits per heavy atom. The van der Waals surface area contributed by atoms with E-state index in [-0.39, 0.29) is 5.91 Å². The lowest BCUT2D eigenvalue weighted by Crippen LogP contribution is -3.12. The van der Waals surface area contributed by atoms with Crippen LogP contribution in [0.1, 0.15) is 5.56 Å². The van der Waals surface area contributed by atoms with Gasteiger partial charge in [0.05, 0.1) is 19.0 Å². The second kappa shape index (κ2) is 8.77. The van der Waals surface area contributed by atoms with E-state index in [0.717, 1.165) is 38.5 Å². The molecule has 0 unspecified atom stereocenters. The van der Waals surface area contributed by atoms with Gasteiger partial charge in [0, 0.05) is 23.6 Å². The zero-order chi connectivity index (χ0) is 16.6. The zero-order valence-corrected chi connectivity index (χ0v) is 14.2. The van der Waals surface area contributed by atoms with Crippen molar-refractivity contribution < 1.29 is 14.4 Å². The number of aromatic nitrogens is 2. The van der Waals surface area contributed by atoms with Crippen LogP contribution in [0.15, 0.2) is 47.9 Å². The molecular formula is C17H21N4O2S+. The van der Waals surface area contributed by atoms with E-state index in [1.54, 1.807) is 18.5 Å². The minimum absolute atomic E-state index is 0.0565. The fourth-order valence-corrected chi connectivity index (χ4v) is 3.12. The van der Waals surface area contributed by atoms with Gasteiger partial charge in [0.1, 0.15) is 19.6 Å². The molecule has 6 nitrogen and oxygen atoms in total. The van der Waals surface area contributed by atoms with Gasteiger partial charge in [-0.05, 0) is 18.2 Å². The molecule has 0 atom stereocenters. The number of anilines is 1. The average molecular weight is 345 g/mol. The summed E-state index contributed by atoms with van der Waals surface area (Å²) in [6.45, 7) is 4.78. The van der Waals surface area contributed by atoms with Gasteiger partial charge in [0.2, 0.25) is 5.91 Å². The summed E-state index contributed by atoms with van der Waals surface area (Å²) >= 11 is 1.32. The second-order valence-electron chi connectivity index (χ2n) is 5.60. The third kappa shape index (κ3) is 5.30. The molecule has 24 heavy (non-hydrogen) atoms. The van der Waals surface area contributed by atoms with Crippen LogP contribution in [-0.4, -0.2) is 47.9 Å². The maximum atomic E-state index is 12.0. The Balaban J connectivity index is 1.45. The Morgan fingerprint density at radius 3 is 2.58 bits per heavy atom. The van der Waals surface area contributed by atoms with Crippen LogP contribution in [0.4, 0.5) is 5.69 Å². The number of nitrogens with one attached hydrogen (secondary N) is 2. The molecule has 7 heteroatoms. The monoisotopic (exact) mass is 345 g/mol. The van der Waals surface area contributed by atoms with Crippen molar-refractivity contribution >= 4 is 23.4 Å². The van der Waals surface area contributed by atoms with Crippen molar-refractivity contribution in [1.82, 2.24) is 9.97 Å². The summed E-state index contributed by atoms with van der Waals surface area (Å²) in [7, 11) is 0. The molecule has 0 saturated carbocycles. The molecule has 0 bridgehead atoms. The molecule has 126 valence electrons. The van der Waals surface area contributed by atoms with Crippen molar-refractivity contribution in [3.05, 3.63) is 48.3 Å². The Kier molecular flexibility index (Phi) is 6.17. The number of nitrogens with zero attached hydrogens (tertiary/aromatic N) is 2. The third-order valence-corrected chi connectivity index (χ3v) is 4.64. The van der Waals surface area contributed by atoms with Gasteiger partial charge in [0.25, 0.3) is 0 Å². The summed E-state index contributed by atoms with van der Waals surface area (Å²) in [4.78, 5) is 21.7. The summed E-state index contributed by atoms with van der Waals surface area (Å²) in [6, 6.07) is 9.81. The van der Waals surface area contributed by atoms with Gasteiger partial charge in [-0.25, -0.2) is 9.97 Å². The van der Waals surface area contributed by atoms with Gasteiger partial charge in [-0.15, -0.1) is 0 Å². The number of benzene rings is 1. The van der Waals surface area contributed by atoms with E-state index >= 15 is 0 Å². The molecule has 2 N–H and O–H groups in total. The minimum atomic E-state index is -0.0565. The third-order valence-electron chi connectivity index (χ3n) is 3.77. The van der Waals surface area contributed by atoms with Crippen LogP contribution >= 0.6 is 11.8 Å². The van der Waals surface area contributed by atoms with Crippen LogP contribution in [0.2, 0.25) is 0 Å². The smallest absolute Gasteiger partial charge is 0.234 e. The predicted molar refractivity (Wildman–Crippen MR) is 93.0 cm³/mol. The molecule has 1 aliphatic rings. The Bertz CT molecular complexity index is 645. The highest BCUT2D eigenvalue weighted by Gasteiger charge is 2.14. The first-order valence-electron chi connectivity index (χ1n) is 7.99. The average Bonchev–Trinajstić information content (AvgIpc) is 2.63. The van der Waals surface area contributed by atoms with Gasteiger partial charge < -0.3 is 15.0 Å². The van der Waals surface area contributed by atoms with E-state index in [2.05, 4.69) is 27.4 Å². The van der Waals surface area contributed by atoms with Crippen LogP contribution < -0.4 is 10.2 Å². The van der Waals surface area contributed by atoms with Crippen molar-refractivity contribution in [1.29, 1.82) is 0 Å². The topological polar surface area (TPSA) is 68.5 Å². The Labute approximate surface area is 145 Å². The first-order chi connectivity index (χ1) is 11.8. The molecule has 1 aromatic carbocycles. The summed E-state index contributed by atoms with van der Waals surface area (Å²) in [5.41, 5.74) is 2.09. The molecule has 1 amide bonds. The second-order valence-corrected chi connectivity index (χ2v) is 6.55. The molecule has 3 rings (SSSR count). The lowest BCUT2D eigenvalue weighted by Gasteiger charge is -2.23. The number of carbonyl (C=O) groups excluding carboxylic acids is 1. The number of quaternary nitrogens is 1. The number of hydrogen-bond acceptors (Lipinski definition) is 5. The number of hydrogen-bond donors (Lipinski definition) is 2. The zero-order valence-electron chi connectivity index (χ0n) is 13.4. The maximum Gasteiger partial charge on any atom is 0.234 e. The number of morpholine rings is 1. The van der Waals surface area contributed by atoms with E-state index in [9.17, 15) is 4.79 Å². The molecule has 2 heterocycles. The van der Waals surface area contributed by atoms with Gasteiger partial charge in [-0.1, -0.05) is 23.9 Å². The maximum absolute atomic E-state index is 12.0. The summed E-state index contributed by atoms with van der Waals surface area (Å²) < 4.78 is 5.38. The first kappa shape index (κ1) is 16.9. The fourth-order valence-electron chi connectivity index (χ4n) is 2.52. The van der Waals surface area contributed by atoms with E-state index in [0.29, 0.717) is 10.9 Å². The minimum Gasteiger partial charge on any atom is -0.370 e. The normalized spacial score (nSPS) is 15.2. The summed E-state index contributed by atoms with van der Waals surface area (Å²) in [5.74, 6) is 0.239. The quantitative estimate of drug-likeness (QED) is 0.593. The van der Waals surface area contributed by atoms with Gasteiger partial charge in [-0.2, -0.15) is 0 Å².